The fourth-order valence-electron chi connectivity index (χ4n) is 2.55. The van der Waals surface area contributed by atoms with Gasteiger partial charge >= 0.3 is 0 Å². The van der Waals surface area contributed by atoms with Crippen LogP contribution in [-0.4, -0.2) is 18.1 Å². The van der Waals surface area contributed by atoms with Gasteiger partial charge in [0.1, 0.15) is 11.6 Å². The van der Waals surface area contributed by atoms with Crippen molar-refractivity contribution in [2.45, 2.75) is 0 Å². The molecule has 132 valence electrons. The number of thiocarbonyl (C=S) groups is 1. The van der Waals surface area contributed by atoms with Crippen molar-refractivity contribution in [2.24, 2.45) is 0 Å². The lowest BCUT2D eigenvalue weighted by Gasteiger charge is -2.14. The number of carbonyl (C=O) groups is 1. The van der Waals surface area contributed by atoms with Gasteiger partial charge in [-0.1, -0.05) is 30.3 Å². The molecular formula is C19H14BrFN2O2S. The third-order valence-electron chi connectivity index (χ3n) is 3.70. The molecule has 3 rings (SSSR count). The summed E-state index contributed by atoms with van der Waals surface area (Å²) in [4.78, 5) is 12.7. The number of halogens is 2. The van der Waals surface area contributed by atoms with Gasteiger partial charge < -0.3 is 10.1 Å². The van der Waals surface area contributed by atoms with Crippen molar-refractivity contribution in [3.05, 3.63) is 70.5 Å². The SMILES string of the molecule is COc1c(C(=O)NC(=S)Nc2cccc(F)c2)cc2ccccc2c1Br. The summed E-state index contributed by atoms with van der Waals surface area (Å²) < 4.78 is 19.3. The van der Waals surface area contributed by atoms with Crippen LogP contribution in [0.15, 0.2) is 59.1 Å². The van der Waals surface area contributed by atoms with E-state index in [2.05, 4.69) is 26.6 Å². The predicted molar refractivity (Wildman–Crippen MR) is 108 cm³/mol. The number of ether oxygens (including phenoxy) is 1. The van der Waals surface area contributed by atoms with Gasteiger partial charge in [-0.25, -0.2) is 4.39 Å². The molecule has 0 radical (unpaired) electrons. The minimum Gasteiger partial charge on any atom is -0.495 e. The molecule has 0 saturated heterocycles. The van der Waals surface area contributed by atoms with E-state index in [0.29, 0.717) is 21.5 Å². The van der Waals surface area contributed by atoms with Crippen LogP contribution < -0.4 is 15.4 Å². The van der Waals surface area contributed by atoms with Crippen molar-refractivity contribution >= 4 is 55.6 Å². The van der Waals surface area contributed by atoms with Crippen LogP contribution in [0.4, 0.5) is 10.1 Å². The third kappa shape index (κ3) is 3.84. The number of benzene rings is 3. The van der Waals surface area contributed by atoms with Gasteiger partial charge in [0, 0.05) is 5.69 Å². The Hall–Kier alpha value is -2.51. The highest BCUT2D eigenvalue weighted by Gasteiger charge is 2.19. The van der Waals surface area contributed by atoms with Crippen LogP contribution in [0.3, 0.4) is 0 Å². The standard InChI is InChI=1S/C19H14BrFN2O2S/c1-25-17-15(9-11-5-2-3-8-14(11)16(17)20)18(24)23-19(26)22-13-7-4-6-12(21)10-13/h2-10H,1H3,(H2,22,23,24,26). The Morgan fingerprint density at radius 3 is 2.65 bits per heavy atom. The van der Waals surface area contributed by atoms with E-state index in [1.54, 1.807) is 18.2 Å². The summed E-state index contributed by atoms with van der Waals surface area (Å²) >= 11 is 8.64. The molecule has 4 nitrogen and oxygen atoms in total. The molecule has 0 aliphatic carbocycles. The van der Waals surface area contributed by atoms with Crippen molar-refractivity contribution in [3.63, 3.8) is 0 Å². The van der Waals surface area contributed by atoms with Crippen LogP contribution in [-0.2, 0) is 0 Å². The molecule has 1 amide bonds. The van der Waals surface area contributed by atoms with Gasteiger partial charge in [0.05, 0.1) is 17.1 Å². The molecule has 0 fully saturated rings. The Morgan fingerprint density at radius 2 is 1.92 bits per heavy atom. The van der Waals surface area contributed by atoms with Gasteiger partial charge in [0.2, 0.25) is 0 Å². The van der Waals surface area contributed by atoms with Gasteiger partial charge in [-0.3, -0.25) is 10.1 Å². The van der Waals surface area contributed by atoms with E-state index in [1.165, 1.54) is 19.2 Å². The summed E-state index contributed by atoms with van der Waals surface area (Å²) in [7, 11) is 1.50. The number of carbonyl (C=O) groups excluding carboxylic acids is 1. The number of hydrogen-bond donors (Lipinski definition) is 2. The lowest BCUT2D eigenvalue weighted by molar-refractivity contribution is 0.0975. The average molecular weight is 433 g/mol. The fourth-order valence-corrected chi connectivity index (χ4v) is 3.50. The van der Waals surface area contributed by atoms with Crippen LogP contribution in [0.2, 0.25) is 0 Å². The number of rotatable bonds is 3. The topological polar surface area (TPSA) is 50.4 Å². The number of amides is 1. The second-order valence-electron chi connectivity index (χ2n) is 5.41. The highest BCUT2D eigenvalue weighted by atomic mass is 79.9. The Kier molecular flexibility index (Phi) is 5.49. The second-order valence-corrected chi connectivity index (χ2v) is 6.61. The maximum atomic E-state index is 13.2. The monoisotopic (exact) mass is 432 g/mol. The molecule has 0 heterocycles. The molecule has 0 saturated carbocycles. The zero-order valence-electron chi connectivity index (χ0n) is 13.7. The molecule has 26 heavy (non-hydrogen) atoms. The lowest BCUT2D eigenvalue weighted by Crippen LogP contribution is -2.34. The van der Waals surface area contributed by atoms with Gasteiger partial charge in [-0.2, -0.15) is 0 Å². The smallest absolute Gasteiger partial charge is 0.261 e. The lowest BCUT2D eigenvalue weighted by atomic mass is 10.1. The van der Waals surface area contributed by atoms with Crippen LogP contribution >= 0.6 is 28.1 Å². The van der Waals surface area contributed by atoms with Crippen molar-refractivity contribution in [1.29, 1.82) is 0 Å². The fraction of sp³-hybridized carbons (Fsp3) is 0.0526. The largest absolute Gasteiger partial charge is 0.495 e. The van der Waals surface area contributed by atoms with Crippen LogP contribution in [0, 0.1) is 5.82 Å². The first kappa shape index (κ1) is 18.3. The molecule has 0 unspecified atom stereocenters. The van der Waals surface area contributed by atoms with Crippen molar-refractivity contribution in [2.75, 3.05) is 12.4 Å². The molecule has 0 bridgehead atoms. The van der Waals surface area contributed by atoms with E-state index in [4.69, 9.17) is 17.0 Å². The first-order valence-corrected chi connectivity index (χ1v) is 8.83. The molecule has 0 aromatic heterocycles. The highest BCUT2D eigenvalue weighted by Crippen LogP contribution is 2.36. The van der Waals surface area contributed by atoms with E-state index in [1.807, 2.05) is 24.3 Å². The molecule has 3 aromatic rings. The number of anilines is 1. The molecule has 2 N–H and O–H groups in total. The average Bonchev–Trinajstić information content (AvgIpc) is 2.61. The first-order valence-electron chi connectivity index (χ1n) is 7.62. The Bertz CT molecular complexity index is 1010. The van der Waals surface area contributed by atoms with Crippen LogP contribution in [0.1, 0.15) is 10.4 Å². The predicted octanol–water partition coefficient (Wildman–Crippen LogP) is 4.88. The summed E-state index contributed by atoms with van der Waals surface area (Å²) in [6.45, 7) is 0. The zero-order chi connectivity index (χ0) is 18.7. The molecule has 7 heteroatoms. The zero-order valence-corrected chi connectivity index (χ0v) is 16.1. The summed E-state index contributed by atoms with van der Waals surface area (Å²) in [6, 6.07) is 15.2. The second kappa shape index (κ2) is 7.80. The van der Waals surface area contributed by atoms with Crippen molar-refractivity contribution < 1.29 is 13.9 Å². The van der Waals surface area contributed by atoms with Crippen LogP contribution in [0.5, 0.6) is 5.75 Å². The number of nitrogens with one attached hydrogen (secondary N) is 2. The molecule has 3 aromatic carbocycles. The number of fused-ring (bicyclic) bond motifs is 1. The van der Waals surface area contributed by atoms with E-state index < -0.39 is 11.7 Å². The van der Waals surface area contributed by atoms with E-state index >= 15 is 0 Å². The summed E-state index contributed by atoms with van der Waals surface area (Å²) in [5.41, 5.74) is 0.781. The summed E-state index contributed by atoms with van der Waals surface area (Å²) in [5.74, 6) is -0.416. The summed E-state index contributed by atoms with van der Waals surface area (Å²) in [5, 5.41) is 7.25. The van der Waals surface area contributed by atoms with Crippen molar-refractivity contribution in [3.8, 4) is 5.75 Å². The van der Waals surface area contributed by atoms with Gasteiger partial charge in [0.15, 0.2) is 5.11 Å². The maximum Gasteiger partial charge on any atom is 0.261 e. The van der Waals surface area contributed by atoms with Gasteiger partial charge in [0.25, 0.3) is 5.91 Å². The van der Waals surface area contributed by atoms with Crippen molar-refractivity contribution in [1.82, 2.24) is 5.32 Å². The molecule has 0 aliphatic rings. The van der Waals surface area contributed by atoms with E-state index in [9.17, 15) is 9.18 Å². The summed E-state index contributed by atoms with van der Waals surface area (Å²) in [6.07, 6.45) is 0. The van der Waals surface area contributed by atoms with E-state index in [0.717, 1.165) is 10.8 Å². The minimum atomic E-state index is -0.429. The van der Waals surface area contributed by atoms with Gasteiger partial charge in [-0.05, 0) is 63.2 Å². The number of hydrogen-bond acceptors (Lipinski definition) is 3. The van der Waals surface area contributed by atoms with Crippen LogP contribution in [0.25, 0.3) is 10.8 Å². The molecule has 0 aliphatic heterocycles. The molecule has 0 spiro atoms. The molecule has 0 atom stereocenters. The normalized spacial score (nSPS) is 10.4. The quantitative estimate of drug-likeness (QED) is 0.579. The van der Waals surface area contributed by atoms with E-state index in [-0.39, 0.29) is 5.11 Å². The third-order valence-corrected chi connectivity index (χ3v) is 4.69. The Balaban J connectivity index is 1.86. The number of methoxy groups -OCH3 is 1. The minimum absolute atomic E-state index is 0.0620. The highest BCUT2D eigenvalue weighted by molar-refractivity contribution is 9.10. The Morgan fingerprint density at radius 1 is 1.15 bits per heavy atom. The van der Waals surface area contributed by atoms with Gasteiger partial charge in [-0.15, -0.1) is 0 Å². The molecular weight excluding hydrogens is 419 g/mol. The Labute approximate surface area is 163 Å². The first-order chi connectivity index (χ1) is 12.5. The maximum absolute atomic E-state index is 13.2.